The minimum atomic E-state index is -3.47. The monoisotopic (exact) mass is 331 g/mol. The van der Waals surface area contributed by atoms with E-state index in [1.807, 2.05) is 0 Å². The highest BCUT2D eigenvalue weighted by Gasteiger charge is 2.41. The van der Waals surface area contributed by atoms with Gasteiger partial charge in [-0.1, -0.05) is 35.9 Å². The van der Waals surface area contributed by atoms with Crippen LogP contribution in [-0.2, 0) is 10.0 Å². The van der Waals surface area contributed by atoms with Gasteiger partial charge in [-0.25, -0.2) is 8.42 Å². The fraction of sp³-hybridized carbons (Fsp3) is 0.429. The molecule has 1 saturated heterocycles. The molecule has 0 aromatic heterocycles. The van der Waals surface area contributed by atoms with E-state index in [1.54, 1.807) is 40.7 Å². The topological polar surface area (TPSA) is 37.4 Å². The van der Waals surface area contributed by atoms with Gasteiger partial charge in [0.1, 0.15) is 0 Å². The summed E-state index contributed by atoms with van der Waals surface area (Å²) in [6, 6.07) is 8.35. The Morgan fingerprint density at radius 3 is 2.60 bits per heavy atom. The van der Waals surface area contributed by atoms with E-state index < -0.39 is 10.0 Å². The first-order valence-electron chi connectivity index (χ1n) is 6.58. The van der Waals surface area contributed by atoms with Crippen LogP contribution < -0.4 is 0 Å². The van der Waals surface area contributed by atoms with E-state index in [-0.39, 0.29) is 17.3 Å². The Morgan fingerprint density at radius 2 is 1.90 bits per heavy atom. The number of allylic oxidation sites excluding steroid dienone is 1. The second-order valence-electron chi connectivity index (χ2n) is 5.23. The molecule has 0 radical (unpaired) electrons. The van der Waals surface area contributed by atoms with Crippen LogP contribution in [0.2, 0.25) is 0 Å². The predicted molar refractivity (Wildman–Crippen MR) is 80.4 cm³/mol. The number of benzene rings is 1. The minimum absolute atomic E-state index is 0.172. The number of rotatable bonds is 2. The average Bonchev–Trinajstić information content (AvgIpc) is 2.46. The van der Waals surface area contributed by atoms with Crippen molar-refractivity contribution in [1.29, 1.82) is 0 Å². The minimum Gasteiger partial charge on any atom is -0.207 e. The summed E-state index contributed by atoms with van der Waals surface area (Å²) < 4.78 is 26.9. The van der Waals surface area contributed by atoms with E-state index in [9.17, 15) is 8.42 Å². The standard InChI is InChI=1S/C14H15Cl2NO2S/c15-13-9-11-8-10(14(13)16)6-7-17(11)20(18,19)12-4-2-1-3-5-12/h1-5,9-11,14H,6-8H2/t10-,11+,14-/m1/s1. The van der Waals surface area contributed by atoms with Crippen LogP contribution in [0.1, 0.15) is 12.8 Å². The van der Waals surface area contributed by atoms with Gasteiger partial charge in [0.15, 0.2) is 0 Å². The summed E-state index contributed by atoms with van der Waals surface area (Å²) in [7, 11) is -3.47. The highest BCUT2D eigenvalue weighted by Crippen LogP contribution is 2.40. The Hall–Kier alpha value is -0.550. The fourth-order valence-corrected chi connectivity index (χ4v) is 5.19. The van der Waals surface area contributed by atoms with Gasteiger partial charge < -0.3 is 0 Å². The lowest BCUT2D eigenvalue weighted by Gasteiger charge is -2.41. The lowest BCUT2D eigenvalue weighted by atomic mass is 9.85. The lowest BCUT2D eigenvalue weighted by molar-refractivity contribution is 0.219. The number of hydrogen-bond donors (Lipinski definition) is 0. The third-order valence-electron chi connectivity index (χ3n) is 4.01. The molecule has 1 aromatic rings. The van der Waals surface area contributed by atoms with Crippen LogP contribution >= 0.6 is 23.2 Å². The van der Waals surface area contributed by atoms with Gasteiger partial charge in [0.05, 0.1) is 10.3 Å². The van der Waals surface area contributed by atoms with Crippen LogP contribution in [0.25, 0.3) is 0 Å². The van der Waals surface area contributed by atoms with Gasteiger partial charge in [0, 0.05) is 17.6 Å². The zero-order valence-corrected chi connectivity index (χ0v) is 13.1. The first kappa shape index (κ1) is 14.4. The van der Waals surface area contributed by atoms with Gasteiger partial charge in [-0.3, -0.25) is 0 Å². The van der Waals surface area contributed by atoms with E-state index in [0.717, 1.165) is 12.8 Å². The lowest BCUT2D eigenvalue weighted by Crippen LogP contribution is -2.48. The molecule has 2 bridgehead atoms. The molecule has 0 N–H and O–H groups in total. The number of fused-ring (bicyclic) bond motifs is 2. The summed E-state index contributed by atoms with van der Waals surface area (Å²) in [4.78, 5) is 0.330. The van der Waals surface area contributed by atoms with Crippen molar-refractivity contribution in [2.45, 2.75) is 29.2 Å². The summed E-state index contributed by atoms with van der Waals surface area (Å²) in [5.74, 6) is 0.265. The van der Waals surface area contributed by atoms with E-state index in [4.69, 9.17) is 23.2 Å². The van der Waals surface area contributed by atoms with E-state index >= 15 is 0 Å². The quantitative estimate of drug-likeness (QED) is 0.780. The van der Waals surface area contributed by atoms with Crippen molar-refractivity contribution in [2.24, 2.45) is 5.92 Å². The molecule has 6 heteroatoms. The molecule has 0 amide bonds. The Balaban J connectivity index is 1.96. The number of halogens is 2. The van der Waals surface area contributed by atoms with E-state index in [1.165, 1.54) is 0 Å². The van der Waals surface area contributed by atoms with E-state index in [0.29, 0.717) is 16.5 Å². The SMILES string of the molecule is O=S(=O)(c1ccccc1)N1CC[C@@H]2C[C@H]1C=C(Cl)[C@@H]2Cl. The van der Waals surface area contributed by atoms with Crippen LogP contribution in [0.5, 0.6) is 0 Å². The number of piperidine rings is 1. The third-order valence-corrected chi connectivity index (χ3v) is 7.02. The second-order valence-corrected chi connectivity index (χ2v) is 8.03. The maximum Gasteiger partial charge on any atom is 0.243 e. The van der Waals surface area contributed by atoms with Crippen molar-refractivity contribution in [3.8, 4) is 0 Å². The maximum absolute atomic E-state index is 12.7. The molecule has 1 aromatic carbocycles. The van der Waals surface area contributed by atoms with Crippen molar-refractivity contribution in [3.63, 3.8) is 0 Å². The fourth-order valence-electron chi connectivity index (χ4n) is 2.95. The first-order chi connectivity index (χ1) is 9.50. The smallest absolute Gasteiger partial charge is 0.207 e. The molecule has 1 heterocycles. The molecular weight excluding hydrogens is 317 g/mol. The highest BCUT2D eigenvalue weighted by molar-refractivity contribution is 7.89. The molecule has 0 spiro atoms. The molecule has 1 fully saturated rings. The molecule has 0 saturated carbocycles. The molecule has 20 heavy (non-hydrogen) atoms. The maximum atomic E-state index is 12.7. The van der Waals surface area contributed by atoms with Crippen molar-refractivity contribution in [3.05, 3.63) is 41.4 Å². The van der Waals surface area contributed by atoms with Crippen LogP contribution in [0.4, 0.5) is 0 Å². The molecule has 0 unspecified atom stereocenters. The second kappa shape index (κ2) is 5.34. The Labute approximate surface area is 129 Å². The van der Waals surface area contributed by atoms with Crippen LogP contribution in [0.15, 0.2) is 46.3 Å². The summed E-state index contributed by atoms with van der Waals surface area (Å²) in [5.41, 5.74) is 0. The summed E-state index contributed by atoms with van der Waals surface area (Å²) in [6.07, 6.45) is 3.28. The molecule has 1 aliphatic carbocycles. The van der Waals surface area contributed by atoms with Gasteiger partial charge in [-0.15, -0.1) is 11.6 Å². The van der Waals surface area contributed by atoms with Crippen molar-refractivity contribution >= 4 is 33.2 Å². The molecule has 108 valence electrons. The zero-order valence-electron chi connectivity index (χ0n) is 10.7. The molecule has 3 atom stereocenters. The van der Waals surface area contributed by atoms with Gasteiger partial charge in [0.25, 0.3) is 0 Å². The zero-order chi connectivity index (χ0) is 14.3. The Bertz CT molecular complexity index is 630. The summed E-state index contributed by atoms with van der Waals surface area (Å²) in [5, 5.41) is 0.398. The molecule has 3 nitrogen and oxygen atoms in total. The number of sulfonamides is 1. The average molecular weight is 332 g/mol. The Kier molecular flexibility index (Phi) is 3.84. The van der Waals surface area contributed by atoms with Gasteiger partial charge in [-0.05, 0) is 30.9 Å². The van der Waals surface area contributed by atoms with Crippen LogP contribution in [0.3, 0.4) is 0 Å². The van der Waals surface area contributed by atoms with Gasteiger partial charge >= 0.3 is 0 Å². The molecule has 2 aliphatic rings. The predicted octanol–water partition coefficient (Wildman–Crippen LogP) is 3.20. The third kappa shape index (κ3) is 2.39. The van der Waals surface area contributed by atoms with Crippen LogP contribution in [-0.4, -0.2) is 30.7 Å². The number of nitrogens with zero attached hydrogens (tertiary/aromatic N) is 1. The van der Waals surface area contributed by atoms with Crippen LogP contribution in [0, 0.1) is 5.92 Å². The Morgan fingerprint density at radius 1 is 1.20 bits per heavy atom. The molecular formula is C14H15Cl2NO2S. The normalized spacial score (nSPS) is 30.9. The number of hydrogen-bond acceptors (Lipinski definition) is 2. The summed E-state index contributed by atoms with van der Waals surface area (Å²) in [6.45, 7) is 0.496. The van der Waals surface area contributed by atoms with Crippen molar-refractivity contribution < 1.29 is 8.42 Å². The first-order valence-corrected chi connectivity index (χ1v) is 8.84. The van der Waals surface area contributed by atoms with Gasteiger partial charge in [-0.2, -0.15) is 4.31 Å². The molecule has 3 rings (SSSR count). The van der Waals surface area contributed by atoms with Crippen molar-refractivity contribution in [1.82, 2.24) is 4.31 Å². The number of alkyl halides is 1. The molecule has 1 aliphatic heterocycles. The van der Waals surface area contributed by atoms with Crippen molar-refractivity contribution in [2.75, 3.05) is 6.54 Å². The largest absolute Gasteiger partial charge is 0.243 e. The van der Waals surface area contributed by atoms with Gasteiger partial charge in [0.2, 0.25) is 10.0 Å². The highest BCUT2D eigenvalue weighted by atomic mass is 35.5. The van der Waals surface area contributed by atoms with E-state index in [2.05, 4.69) is 0 Å². The summed E-state index contributed by atoms with van der Waals surface area (Å²) >= 11 is 12.4.